The minimum absolute atomic E-state index is 0.0817. The van der Waals surface area contributed by atoms with Crippen molar-refractivity contribution in [3.05, 3.63) is 29.3 Å². The molecule has 25 heavy (non-hydrogen) atoms. The Morgan fingerprint density at radius 1 is 1.36 bits per heavy atom. The monoisotopic (exact) mass is 345 g/mol. The molecule has 1 saturated heterocycles. The summed E-state index contributed by atoms with van der Waals surface area (Å²) < 4.78 is 5.61. The highest BCUT2D eigenvalue weighted by Crippen LogP contribution is 2.48. The predicted molar refractivity (Wildman–Crippen MR) is 97.8 cm³/mol. The number of hydrogen-bond donors (Lipinski definition) is 2. The van der Waals surface area contributed by atoms with Crippen LogP contribution in [-0.4, -0.2) is 46.3 Å². The van der Waals surface area contributed by atoms with E-state index < -0.39 is 12.7 Å². The first-order valence-corrected chi connectivity index (χ1v) is 9.02. The van der Waals surface area contributed by atoms with Crippen LogP contribution in [0.3, 0.4) is 0 Å². The quantitative estimate of drug-likeness (QED) is 0.762. The molecule has 0 spiro atoms. The number of carbonyl (C=O) groups is 1. The lowest BCUT2D eigenvalue weighted by molar-refractivity contribution is -0.0164. The fourth-order valence-corrected chi connectivity index (χ4v) is 4.34. The van der Waals surface area contributed by atoms with Crippen molar-refractivity contribution < 1.29 is 19.6 Å². The molecule has 2 aliphatic rings. The molecule has 1 aromatic rings. The molecular formula is C19H28BNO4. The van der Waals surface area contributed by atoms with Gasteiger partial charge < -0.3 is 19.7 Å². The smallest absolute Gasteiger partial charge is 0.444 e. The predicted octanol–water partition coefficient (Wildman–Crippen LogP) is 1.83. The number of carbonyl (C=O) groups excluding carboxylic acids is 1. The highest BCUT2D eigenvalue weighted by atomic mass is 16.6. The molecule has 0 aromatic heterocycles. The zero-order valence-corrected chi connectivity index (χ0v) is 15.7. The van der Waals surface area contributed by atoms with E-state index in [4.69, 9.17) is 4.74 Å². The number of benzene rings is 1. The van der Waals surface area contributed by atoms with Crippen molar-refractivity contribution >= 4 is 18.7 Å². The Kier molecular flexibility index (Phi) is 4.40. The molecule has 1 aliphatic heterocycles. The second-order valence-electron chi connectivity index (χ2n) is 8.69. The number of amides is 1. The van der Waals surface area contributed by atoms with Crippen LogP contribution in [0, 0.1) is 5.92 Å². The average Bonchev–Trinajstić information content (AvgIpc) is 2.48. The number of fused-ring (bicyclic) bond motifs is 4. The third kappa shape index (κ3) is 3.18. The largest absolute Gasteiger partial charge is 0.488 e. The van der Waals surface area contributed by atoms with Gasteiger partial charge in [0, 0.05) is 12.6 Å². The lowest BCUT2D eigenvalue weighted by Crippen LogP contribution is -2.60. The van der Waals surface area contributed by atoms with Gasteiger partial charge in [-0.05, 0) is 61.5 Å². The first kappa shape index (κ1) is 18.3. The fraction of sp³-hybridized carbons (Fsp3) is 0.632. The lowest BCUT2D eigenvalue weighted by atomic mass is 9.58. The molecule has 0 unspecified atom stereocenters. The van der Waals surface area contributed by atoms with Crippen molar-refractivity contribution in [2.75, 3.05) is 6.54 Å². The number of nitrogens with zero attached hydrogens (tertiary/aromatic N) is 1. The summed E-state index contributed by atoms with van der Waals surface area (Å²) in [5.41, 5.74) is 2.32. The van der Waals surface area contributed by atoms with Gasteiger partial charge in [-0.1, -0.05) is 32.0 Å². The highest BCUT2D eigenvalue weighted by Gasteiger charge is 2.50. The van der Waals surface area contributed by atoms with Crippen LogP contribution in [0.1, 0.15) is 52.2 Å². The minimum atomic E-state index is -1.45. The van der Waals surface area contributed by atoms with Crippen molar-refractivity contribution in [2.24, 2.45) is 5.92 Å². The summed E-state index contributed by atoms with van der Waals surface area (Å²) in [7, 11) is -1.45. The number of ether oxygens (including phenoxy) is 1. The molecule has 5 nitrogen and oxygen atoms in total. The Morgan fingerprint density at radius 3 is 2.64 bits per heavy atom. The summed E-state index contributed by atoms with van der Waals surface area (Å²) in [6, 6.07) is 5.76. The summed E-state index contributed by atoms with van der Waals surface area (Å²) >= 11 is 0. The molecule has 0 radical (unpaired) electrons. The van der Waals surface area contributed by atoms with Gasteiger partial charge in [-0.15, -0.1) is 0 Å². The van der Waals surface area contributed by atoms with Gasteiger partial charge in [-0.2, -0.15) is 0 Å². The van der Waals surface area contributed by atoms with Gasteiger partial charge >= 0.3 is 13.2 Å². The molecule has 1 amide bonds. The fourth-order valence-electron chi connectivity index (χ4n) is 4.34. The molecule has 6 heteroatoms. The van der Waals surface area contributed by atoms with Gasteiger partial charge in [0.15, 0.2) is 0 Å². The van der Waals surface area contributed by atoms with Crippen molar-refractivity contribution in [1.29, 1.82) is 0 Å². The maximum Gasteiger partial charge on any atom is 0.488 e. The van der Waals surface area contributed by atoms with E-state index in [2.05, 4.69) is 13.8 Å². The summed E-state index contributed by atoms with van der Waals surface area (Å²) in [6.07, 6.45) is 1.37. The van der Waals surface area contributed by atoms with E-state index in [1.807, 2.05) is 37.8 Å². The first-order chi connectivity index (χ1) is 11.5. The Labute approximate surface area is 150 Å². The van der Waals surface area contributed by atoms with Crippen LogP contribution in [0.25, 0.3) is 0 Å². The molecule has 3 rings (SSSR count). The molecule has 1 fully saturated rings. The Hall–Kier alpha value is -1.53. The third-order valence-electron chi connectivity index (χ3n) is 5.96. The number of rotatable bonds is 1. The van der Waals surface area contributed by atoms with E-state index in [1.165, 1.54) is 11.1 Å². The summed E-state index contributed by atoms with van der Waals surface area (Å²) in [6.45, 7) is 10.7. The molecule has 3 atom stereocenters. The van der Waals surface area contributed by atoms with Crippen molar-refractivity contribution in [2.45, 2.75) is 64.5 Å². The first-order valence-electron chi connectivity index (χ1n) is 9.02. The summed E-state index contributed by atoms with van der Waals surface area (Å²) in [5, 5.41) is 19.0. The Morgan fingerprint density at radius 2 is 2.04 bits per heavy atom. The van der Waals surface area contributed by atoms with Gasteiger partial charge in [0.1, 0.15) is 5.60 Å². The van der Waals surface area contributed by atoms with Crippen LogP contribution < -0.4 is 5.46 Å². The number of hydrogen-bond acceptors (Lipinski definition) is 4. The molecule has 1 aromatic carbocycles. The molecule has 136 valence electrons. The van der Waals surface area contributed by atoms with Crippen LogP contribution >= 0.6 is 0 Å². The summed E-state index contributed by atoms with van der Waals surface area (Å²) in [4.78, 5) is 14.5. The van der Waals surface area contributed by atoms with Gasteiger partial charge in [0.25, 0.3) is 0 Å². The van der Waals surface area contributed by atoms with E-state index in [0.717, 1.165) is 12.8 Å². The zero-order valence-electron chi connectivity index (χ0n) is 15.7. The standard InChI is InChI=1S/C19H28BNO4/c1-12-16-10-13-6-7-14(20(23)24)11-15(13)19(12,5)8-9-21(16)17(22)25-18(2,3)4/h6-7,11-12,16,23-24H,8-10H2,1-5H3/t12-,16-,19-/m1/s1. The van der Waals surface area contributed by atoms with E-state index >= 15 is 0 Å². The van der Waals surface area contributed by atoms with Crippen LogP contribution in [0.4, 0.5) is 4.79 Å². The molecular weight excluding hydrogens is 317 g/mol. The van der Waals surface area contributed by atoms with Crippen molar-refractivity contribution in [3.8, 4) is 0 Å². The van der Waals surface area contributed by atoms with Crippen LogP contribution in [0.2, 0.25) is 0 Å². The second kappa shape index (κ2) is 6.03. The number of piperidine rings is 1. The maximum absolute atomic E-state index is 12.7. The Balaban J connectivity index is 1.95. The molecule has 2 bridgehead atoms. The second-order valence-corrected chi connectivity index (χ2v) is 8.69. The normalized spacial score (nSPS) is 28.4. The Bertz CT molecular complexity index is 684. The van der Waals surface area contributed by atoms with Crippen LogP contribution in [0.15, 0.2) is 18.2 Å². The number of likely N-dealkylation sites (tertiary alicyclic amines) is 1. The lowest BCUT2D eigenvalue weighted by Gasteiger charge is -2.54. The van der Waals surface area contributed by atoms with E-state index in [0.29, 0.717) is 12.0 Å². The zero-order chi connectivity index (χ0) is 18.6. The van der Waals surface area contributed by atoms with E-state index in [1.54, 1.807) is 6.07 Å². The highest BCUT2D eigenvalue weighted by molar-refractivity contribution is 6.58. The minimum Gasteiger partial charge on any atom is -0.444 e. The third-order valence-corrected chi connectivity index (χ3v) is 5.96. The molecule has 1 heterocycles. The van der Waals surface area contributed by atoms with Gasteiger partial charge in [0.2, 0.25) is 0 Å². The SMILES string of the molecule is C[C@@H]1[C@H]2Cc3ccc(B(O)O)cc3[C@]1(C)CCN2C(=O)OC(C)(C)C. The molecule has 0 saturated carbocycles. The van der Waals surface area contributed by atoms with Crippen LogP contribution in [0.5, 0.6) is 0 Å². The van der Waals surface area contributed by atoms with Crippen molar-refractivity contribution in [3.63, 3.8) is 0 Å². The van der Waals surface area contributed by atoms with E-state index in [9.17, 15) is 14.8 Å². The van der Waals surface area contributed by atoms with E-state index in [-0.39, 0.29) is 23.5 Å². The molecule has 2 N–H and O–H groups in total. The topological polar surface area (TPSA) is 70.0 Å². The van der Waals surface area contributed by atoms with Gasteiger partial charge in [0.05, 0.1) is 0 Å². The van der Waals surface area contributed by atoms with Gasteiger partial charge in [-0.3, -0.25) is 0 Å². The van der Waals surface area contributed by atoms with Gasteiger partial charge in [-0.25, -0.2) is 4.79 Å². The van der Waals surface area contributed by atoms with Crippen LogP contribution in [-0.2, 0) is 16.6 Å². The maximum atomic E-state index is 12.7. The molecule has 1 aliphatic carbocycles. The average molecular weight is 345 g/mol. The summed E-state index contributed by atoms with van der Waals surface area (Å²) in [5.74, 6) is 0.271. The van der Waals surface area contributed by atoms with Crippen molar-refractivity contribution in [1.82, 2.24) is 4.90 Å².